The largest absolute Gasteiger partial charge is 0.265 e. The number of benzene rings is 7. The van der Waals surface area contributed by atoms with Gasteiger partial charge in [-0.05, 0) is 90.6 Å². The Bertz CT molecular complexity index is 2930. The summed E-state index contributed by atoms with van der Waals surface area (Å²) in [6, 6.07) is 60.0. The first kappa shape index (κ1) is 31.4. The van der Waals surface area contributed by atoms with Crippen LogP contribution in [0.25, 0.3) is 99.6 Å². The first-order valence-corrected chi connectivity index (χ1v) is 18.1. The van der Waals surface area contributed by atoms with Crippen molar-refractivity contribution in [3.8, 4) is 67.3 Å². The first-order valence-electron chi connectivity index (χ1n) is 18.1. The zero-order valence-corrected chi connectivity index (χ0v) is 29.3. The number of rotatable bonds is 6. The summed E-state index contributed by atoms with van der Waals surface area (Å²) in [5, 5.41) is 6.99. The minimum atomic E-state index is 0.634. The molecule has 0 saturated carbocycles. The summed E-state index contributed by atoms with van der Waals surface area (Å²) in [7, 11) is 0. The molecule has 0 radical (unpaired) electrons. The third kappa shape index (κ3) is 5.58. The molecule has 0 atom stereocenters. The van der Waals surface area contributed by atoms with Crippen LogP contribution < -0.4 is 0 Å². The number of aromatic nitrogens is 4. The Morgan fingerprint density at radius 3 is 1.46 bits per heavy atom. The maximum atomic E-state index is 5.28. The molecule has 0 bridgehead atoms. The van der Waals surface area contributed by atoms with Crippen LogP contribution >= 0.6 is 0 Å². The van der Waals surface area contributed by atoms with Crippen molar-refractivity contribution in [3.63, 3.8) is 0 Å². The van der Waals surface area contributed by atoms with Crippen molar-refractivity contribution in [2.24, 2.45) is 0 Å². The fourth-order valence-corrected chi connectivity index (χ4v) is 7.75. The summed E-state index contributed by atoms with van der Waals surface area (Å²) in [6.45, 7) is 0. The number of pyridine rings is 2. The van der Waals surface area contributed by atoms with E-state index in [0.29, 0.717) is 5.82 Å². The highest BCUT2D eigenvalue weighted by Gasteiger charge is 2.18. The Labute approximate surface area is 313 Å². The van der Waals surface area contributed by atoms with E-state index in [1.807, 2.05) is 43.0 Å². The molecule has 7 aromatic carbocycles. The number of nitrogens with zero attached hydrogens (tertiary/aromatic N) is 4. The number of hydrogen-bond donors (Lipinski definition) is 0. The van der Waals surface area contributed by atoms with Crippen LogP contribution in [0.3, 0.4) is 0 Å². The predicted octanol–water partition coefficient (Wildman–Crippen LogP) is 12.7. The molecule has 0 fully saturated rings. The van der Waals surface area contributed by atoms with Crippen LogP contribution in [0.1, 0.15) is 0 Å². The van der Waals surface area contributed by atoms with Crippen LogP contribution in [0.2, 0.25) is 0 Å². The normalized spacial score (nSPS) is 11.3. The molecule has 3 heterocycles. The molecule has 10 aromatic rings. The van der Waals surface area contributed by atoms with E-state index in [0.717, 1.165) is 55.5 Å². The van der Waals surface area contributed by atoms with Gasteiger partial charge >= 0.3 is 0 Å². The van der Waals surface area contributed by atoms with E-state index < -0.39 is 0 Å². The quantitative estimate of drug-likeness (QED) is 0.163. The number of fused-ring (bicyclic) bond motifs is 3. The van der Waals surface area contributed by atoms with Crippen molar-refractivity contribution in [2.45, 2.75) is 0 Å². The van der Waals surface area contributed by atoms with E-state index in [4.69, 9.17) is 9.97 Å². The molecule has 3 aromatic heterocycles. The van der Waals surface area contributed by atoms with E-state index in [1.54, 1.807) is 0 Å². The van der Waals surface area contributed by atoms with Crippen LogP contribution in [0.15, 0.2) is 195 Å². The summed E-state index contributed by atoms with van der Waals surface area (Å²) < 4.78 is 0. The van der Waals surface area contributed by atoms with Crippen molar-refractivity contribution >= 4 is 32.3 Å². The standard InChI is InChI=1S/C50H32N4/c1-2-12-34(13-3-1)48-41-20-6-8-22-43(41)49(44-23-9-7-21-42(44)48)38-18-11-17-37(29-38)47-30-46(36-16-10-15-35(28-36)33-24-26-51-27-25-33)53-50(54-47)45-32-52-31-39-14-4-5-19-40(39)45/h1-32H. The summed E-state index contributed by atoms with van der Waals surface area (Å²) in [4.78, 5) is 19.3. The molecular formula is C50H32N4. The second-order valence-corrected chi connectivity index (χ2v) is 13.5. The Kier molecular flexibility index (Phi) is 7.77. The minimum absolute atomic E-state index is 0.634. The zero-order valence-electron chi connectivity index (χ0n) is 29.3. The van der Waals surface area contributed by atoms with Crippen LogP contribution in [-0.2, 0) is 0 Å². The molecule has 4 heteroatoms. The van der Waals surface area contributed by atoms with Crippen LogP contribution in [0.4, 0.5) is 0 Å². The van der Waals surface area contributed by atoms with Crippen LogP contribution in [-0.4, -0.2) is 19.9 Å². The van der Waals surface area contributed by atoms with Gasteiger partial charge in [0.05, 0.1) is 11.4 Å². The monoisotopic (exact) mass is 688 g/mol. The maximum absolute atomic E-state index is 5.28. The summed E-state index contributed by atoms with van der Waals surface area (Å²) in [5.41, 5.74) is 11.6. The predicted molar refractivity (Wildman–Crippen MR) is 223 cm³/mol. The minimum Gasteiger partial charge on any atom is -0.265 e. The van der Waals surface area contributed by atoms with Gasteiger partial charge in [0.1, 0.15) is 0 Å². The van der Waals surface area contributed by atoms with E-state index in [2.05, 4.69) is 162 Å². The highest BCUT2D eigenvalue weighted by atomic mass is 14.9. The average Bonchev–Trinajstić information content (AvgIpc) is 3.26. The third-order valence-corrected chi connectivity index (χ3v) is 10.2. The molecule has 10 rings (SSSR count). The van der Waals surface area contributed by atoms with Crippen molar-refractivity contribution < 1.29 is 0 Å². The van der Waals surface area contributed by atoms with Gasteiger partial charge < -0.3 is 0 Å². The zero-order chi connectivity index (χ0) is 35.8. The smallest absolute Gasteiger partial charge is 0.162 e. The molecule has 0 aliphatic carbocycles. The van der Waals surface area contributed by atoms with Gasteiger partial charge in [-0.1, -0.05) is 140 Å². The molecular weight excluding hydrogens is 657 g/mol. The third-order valence-electron chi connectivity index (χ3n) is 10.2. The Balaban J connectivity index is 1.19. The van der Waals surface area contributed by atoms with Gasteiger partial charge in [-0.2, -0.15) is 0 Å². The molecule has 0 unspecified atom stereocenters. The Morgan fingerprint density at radius 1 is 0.315 bits per heavy atom. The molecule has 0 spiro atoms. The van der Waals surface area contributed by atoms with Crippen molar-refractivity contribution in [3.05, 3.63) is 195 Å². The van der Waals surface area contributed by atoms with E-state index in [1.165, 1.54) is 38.2 Å². The Hall–Kier alpha value is -7.30. The number of hydrogen-bond acceptors (Lipinski definition) is 4. The summed E-state index contributed by atoms with van der Waals surface area (Å²) in [6.07, 6.45) is 7.42. The highest BCUT2D eigenvalue weighted by molar-refractivity contribution is 6.21. The lowest BCUT2D eigenvalue weighted by atomic mass is 9.85. The van der Waals surface area contributed by atoms with Crippen LogP contribution in [0, 0.1) is 0 Å². The molecule has 0 N–H and O–H groups in total. The molecule has 4 nitrogen and oxygen atoms in total. The second-order valence-electron chi connectivity index (χ2n) is 13.5. The van der Waals surface area contributed by atoms with E-state index in [-0.39, 0.29) is 0 Å². The van der Waals surface area contributed by atoms with Gasteiger partial charge in [0, 0.05) is 46.9 Å². The SMILES string of the molecule is c1ccc(-c2c3ccccc3c(-c3cccc(-c4cc(-c5cccc(-c6ccncc6)c5)nc(-c5cncc6ccccc56)n4)c3)c3ccccc23)cc1. The lowest BCUT2D eigenvalue weighted by Gasteiger charge is -2.18. The van der Waals surface area contributed by atoms with Crippen molar-refractivity contribution in [1.29, 1.82) is 0 Å². The topological polar surface area (TPSA) is 51.6 Å². The van der Waals surface area contributed by atoms with Gasteiger partial charge in [0.15, 0.2) is 5.82 Å². The van der Waals surface area contributed by atoms with Crippen molar-refractivity contribution in [2.75, 3.05) is 0 Å². The average molecular weight is 689 g/mol. The molecule has 252 valence electrons. The lowest BCUT2D eigenvalue weighted by Crippen LogP contribution is -1.97. The van der Waals surface area contributed by atoms with Crippen molar-refractivity contribution in [1.82, 2.24) is 19.9 Å². The fraction of sp³-hybridized carbons (Fsp3) is 0. The molecule has 0 amide bonds. The summed E-state index contributed by atoms with van der Waals surface area (Å²) in [5.74, 6) is 0.634. The second kappa shape index (κ2) is 13.4. The van der Waals surface area contributed by atoms with Gasteiger partial charge in [-0.15, -0.1) is 0 Å². The molecule has 0 saturated heterocycles. The lowest BCUT2D eigenvalue weighted by molar-refractivity contribution is 1.18. The van der Waals surface area contributed by atoms with Gasteiger partial charge in [-0.25, -0.2) is 9.97 Å². The van der Waals surface area contributed by atoms with Gasteiger partial charge in [0.2, 0.25) is 0 Å². The molecule has 54 heavy (non-hydrogen) atoms. The van der Waals surface area contributed by atoms with E-state index in [9.17, 15) is 0 Å². The van der Waals surface area contributed by atoms with Crippen LogP contribution in [0.5, 0.6) is 0 Å². The van der Waals surface area contributed by atoms with Gasteiger partial charge in [-0.3, -0.25) is 9.97 Å². The van der Waals surface area contributed by atoms with Gasteiger partial charge in [0.25, 0.3) is 0 Å². The first-order chi connectivity index (χ1) is 26.8. The molecule has 0 aliphatic heterocycles. The maximum Gasteiger partial charge on any atom is 0.162 e. The highest BCUT2D eigenvalue weighted by Crippen LogP contribution is 2.44. The van der Waals surface area contributed by atoms with E-state index >= 15 is 0 Å². The Morgan fingerprint density at radius 2 is 0.815 bits per heavy atom. The summed E-state index contributed by atoms with van der Waals surface area (Å²) >= 11 is 0. The molecule has 0 aliphatic rings. The fourth-order valence-electron chi connectivity index (χ4n) is 7.75.